The normalized spacial score (nSPS) is 10.1. The smallest absolute Gasteiger partial charge is 0.340 e. The highest BCUT2D eigenvalue weighted by Gasteiger charge is 2.14. The van der Waals surface area contributed by atoms with Gasteiger partial charge in [0.05, 0.1) is 35.1 Å². The molecule has 0 fully saturated rings. The zero-order valence-electron chi connectivity index (χ0n) is 12.9. The van der Waals surface area contributed by atoms with E-state index in [4.69, 9.17) is 27.9 Å². The Hall–Kier alpha value is -2.24. The third-order valence-electron chi connectivity index (χ3n) is 3.06. The van der Waals surface area contributed by atoms with Gasteiger partial charge in [0.1, 0.15) is 0 Å². The summed E-state index contributed by atoms with van der Waals surface area (Å²) in [6.07, 6.45) is 0. The topological polar surface area (TPSA) is 67.4 Å². The van der Waals surface area contributed by atoms with Crippen LogP contribution in [0.5, 0.6) is 0 Å². The van der Waals surface area contributed by atoms with Crippen molar-refractivity contribution in [2.24, 2.45) is 0 Å². The summed E-state index contributed by atoms with van der Waals surface area (Å²) in [5.74, 6) is -0.818. The lowest BCUT2D eigenvalue weighted by Gasteiger charge is -2.12. The van der Waals surface area contributed by atoms with Gasteiger partial charge in [-0.05, 0) is 37.3 Å². The molecular weight excluding hydrogens is 351 g/mol. The van der Waals surface area contributed by atoms with Crippen LogP contribution in [0.4, 0.5) is 11.4 Å². The van der Waals surface area contributed by atoms with Gasteiger partial charge in [0.25, 0.3) is 0 Å². The van der Waals surface area contributed by atoms with Crippen molar-refractivity contribution in [2.45, 2.75) is 6.92 Å². The van der Waals surface area contributed by atoms with E-state index in [1.165, 1.54) is 0 Å². The minimum atomic E-state index is -0.487. The van der Waals surface area contributed by atoms with Crippen molar-refractivity contribution in [1.29, 1.82) is 0 Å². The standard InChI is InChI=1S/C17H16Cl2N2O3/c1-2-24-17(23)12-5-3-4-6-14(12)21-16(22)10-20-15-9-11(18)7-8-13(15)19/h3-9,20H,2,10H2,1H3,(H,21,22). The molecule has 1 amide bonds. The molecule has 0 aliphatic carbocycles. The maximum atomic E-state index is 12.1. The predicted octanol–water partition coefficient (Wildman–Crippen LogP) is 4.22. The molecule has 0 atom stereocenters. The van der Waals surface area contributed by atoms with E-state index in [0.29, 0.717) is 27.0 Å². The number of para-hydroxylation sites is 1. The van der Waals surface area contributed by atoms with Gasteiger partial charge in [0.15, 0.2) is 0 Å². The minimum Gasteiger partial charge on any atom is -0.462 e. The molecule has 5 nitrogen and oxygen atoms in total. The van der Waals surface area contributed by atoms with Gasteiger partial charge >= 0.3 is 5.97 Å². The summed E-state index contributed by atoms with van der Waals surface area (Å²) < 4.78 is 4.97. The number of carbonyl (C=O) groups is 2. The van der Waals surface area contributed by atoms with Crippen LogP contribution in [-0.4, -0.2) is 25.0 Å². The Bertz CT molecular complexity index is 750. The molecule has 2 aromatic carbocycles. The van der Waals surface area contributed by atoms with E-state index in [1.54, 1.807) is 49.4 Å². The second-order valence-electron chi connectivity index (χ2n) is 4.79. The first-order valence-corrected chi connectivity index (χ1v) is 8.01. The van der Waals surface area contributed by atoms with Gasteiger partial charge in [-0.3, -0.25) is 4.79 Å². The first-order valence-electron chi connectivity index (χ1n) is 7.26. The number of ether oxygens (including phenoxy) is 1. The van der Waals surface area contributed by atoms with Crippen LogP contribution in [0.15, 0.2) is 42.5 Å². The van der Waals surface area contributed by atoms with E-state index in [9.17, 15) is 9.59 Å². The number of halogens is 2. The number of rotatable bonds is 6. The third-order valence-corrected chi connectivity index (χ3v) is 3.63. The lowest BCUT2D eigenvalue weighted by Crippen LogP contribution is -2.23. The van der Waals surface area contributed by atoms with Crippen molar-refractivity contribution in [3.8, 4) is 0 Å². The molecule has 0 unspecified atom stereocenters. The maximum Gasteiger partial charge on any atom is 0.340 e. The van der Waals surface area contributed by atoms with Crippen molar-refractivity contribution in [2.75, 3.05) is 23.8 Å². The van der Waals surface area contributed by atoms with Crippen LogP contribution in [0.25, 0.3) is 0 Å². The molecule has 2 aromatic rings. The van der Waals surface area contributed by atoms with Crippen LogP contribution in [0.2, 0.25) is 10.0 Å². The Morgan fingerprint density at radius 1 is 1.08 bits per heavy atom. The number of esters is 1. The second-order valence-corrected chi connectivity index (χ2v) is 5.64. The van der Waals surface area contributed by atoms with Gasteiger partial charge in [0.2, 0.25) is 5.91 Å². The summed E-state index contributed by atoms with van der Waals surface area (Å²) in [4.78, 5) is 24.0. The SMILES string of the molecule is CCOC(=O)c1ccccc1NC(=O)CNc1cc(Cl)ccc1Cl. The van der Waals surface area contributed by atoms with Crippen molar-refractivity contribution in [3.63, 3.8) is 0 Å². The summed E-state index contributed by atoms with van der Waals surface area (Å²) in [6.45, 7) is 1.95. The van der Waals surface area contributed by atoms with Crippen LogP contribution in [0, 0.1) is 0 Å². The van der Waals surface area contributed by atoms with Crippen LogP contribution in [0.1, 0.15) is 17.3 Å². The van der Waals surface area contributed by atoms with Gasteiger partial charge in [0, 0.05) is 5.02 Å². The van der Waals surface area contributed by atoms with E-state index in [0.717, 1.165) is 0 Å². The molecule has 0 bridgehead atoms. The quantitative estimate of drug-likeness (QED) is 0.751. The summed E-state index contributed by atoms with van der Waals surface area (Å²) in [7, 11) is 0. The highest BCUT2D eigenvalue weighted by Crippen LogP contribution is 2.25. The predicted molar refractivity (Wildman–Crippen MR) is 96.0 cm³/mol. The van der Waals surface area contributed by atoms with Gasteiger partial charge in [-0.1, -0.05) is 35.3 Å². The van der Waals surface area contributed by atoms with E-state index in [-0.39, 0.29) is 19.1 Å². The van der Waals surface area contributed by atoms with Crippen molar-refractivity contribution < 1.29 is 14.3 Å². The number of nitrogens with one attached hydrogen (secondary N) is 2. The van der Waals surface area contributed by atoms with Crippen LogP contribution in [0.3, 0.4) is 0 Å². The molecule has 2 N–H and O–H groups in total. The van der Waals surface area contributed by atoms with Crippen molar-refractivity contribution in [1.82, 2.24) is 0 Å². The monoisotopic (exact) mass is 366 g/mol. The fourth-order valence-corrected chi connectivity index (χ4v) is 2.34. The van der Waals surface area contributed by atoms with Gasteiger partial charge < -0.3 is 15.4 Å². The molecule has 0 heterocycles. The second kappa shape index (κ2) is 8.57. The van der Waals surface area contributed by atoms with E-state index in [1.807, 2.05) is 0 Å². The van der Waals surface area contributed by atoms with Crippen molar-refractivity contribution >= 4 is 46.5 Å². The van der Waals surface area contributed by atoms with E-state index in [2.05, 4.69) is 10.6 Å². The Morgan fingerprint density at radius 2 is 1.83 bits per heavy atom. The van der Waals surface area contributed by atoms with Gasteiger partial charge in [-0.2, -0.15) is 0 Å². The molecule has 0 saturated carbocycles. The maximum absolute atomic E-state index is 12.1. The number of anilines is 2. The van der Waals surface area contributed by atoms with Crippen LogP contribution in [-0.2, 0) is 9.53 Å². The molecule has 0 radical (unpaired) electrons. The lowest BCUT2D eigenvalue weighted by molar-refractivity contribution is -0.114. The largest absolute Gasteiger partial charge is 0.462 e. The van der Waals surface area contributed by atoms with Gasteiger partial charge in [-0.15, -0.1) is 0 Å². The summed E-state index contributed by atoms with van der Waals surface area (Å²) in [5.41, 5.74) is 1.24. The van der Waals surface area contributed by atoms with E-state index >= 15 is 0 Å². The molecule has 24 heavy (non-hydrogen) atoms. The Labute approximate surface area is 149 Å². The number of amides is 1. The Kier molecular flexibility index (Phi) is 6.46. The first kappa shape index (κ1) is 18.1. The number of hydrogen-bond acceptors (Lipinski definition) is 4. The molecular formula is C17H16Cl2N2O3. The number of carbonyl (C=O) groups excluding carboxylic acids is 2. The first-order chi connectivity index (χ1) is 11.5. The van der Waals surface area contributed by atoms with Crippen LogP contribution < -0.4 is 10.6 Å². The Morgan fingerprint density at radius 3 is 2.58 bits per heavy atom. The molecule has 0 saturated heterocycles. The molecule has 0 aromatic heterocycles. The molecule has 7 heteroatoms. The summed E-state index contributed by atoms with van der Waals surface area (Å²) in [6, 6.07) is 11.6. The molecule has 2 rings (SSSR count). The van der Waals surface area contributed by atoms with E-state index < -0.39 is 5.97 Å². The molecule has 126 valence electrons. The summed E-state index contributed by atoms with van der Waals surface area (Å²) >= 11 is 11.9. The number of benzene rings is 2. The molecule has 0 aliphatic rings. The average Bonchev–Trinajstić information content (AvgIpc) is 2.56. The Balaban J connectivity index is 2.02. The fourth-order valence-electron chi connectivity index (χ4n) is 1.98. The molecule has 0 spiro atoms. The van der Waals surface area contributed by atoms with Crippen molar-refractivity contribution in [3.05, 3.63) is 58.1 Å². The summed E-state index contributed by atoms with van der Waals surface area (Å²) in [5, 5.41) is 6.55. The number of hydrogen-bond donors (Lipinski definition) is 2. The van der Waals surface area contributed by atoms with Gasteiger partial charge in [-0.25, -0.2) is 4.79 Å². The minimum absolute atomic E-state index is 0.0305. The average molecular weight is 367 g/mol. The zero-order valence-corrected chi connectivity index (χ0v) is 14.4. The fraction of sp³-hybridized carbons (Fsp3) is 0.176. The lowest BCUT2D eigenvalue weighted by atomic mass is 10.2. The zero-order chi connectivity index (χ0) is 17.5. The van der Waals surface area contributed by atoms with Crippen LogP contribution >= 0.6 is 23.2 Å². The highest BCUT2D eigenvalue weighted by atomic mass is 35.5. The third kappa shape index (κ3) is 4.88. The molecule has 0 aliphatic heterocycles. The highest BCUT2D eigenvalue weighted by molar-refractivity contribution is 6.35.